The van der Waals surface area contributed by atoms with Crippen LogP contribution in [0.2, 0.25) is 5.02 Å². The third-order valence-corrected chi connectivity index (χ3v) is 3.58. The van der Waals surface area contributed by atoms with E-state index in [1.54, 1.807) is 24.3 Å². The minimum Gasteiger partial charge on any atom is -0.454 e. The van der Waals surface area contributed by atoms with E-state index < -0.39 is 12.5 Å². The highest BCUT2D eigenvalue weighted by atomic mass is 35.5. The fourth-order valence-corrected chi connectivity index (χ4v) is 2.38. The van der Waals surface area contributed by atoms with Crippen molar-refractivity contribution in [1.29, 1.82) is 0 Å². The highest BCUT2D eigenvalue weighted by Gasteiger charge is 2.17. The smallest absolute Gasteiger partial charge is 0.387 e. The number of rotatable bonds is 5. The van der Waals surface area contributed by atoms with Crippen LogP contribution in [-0.4, -0.2) is 19.3 Å². The van der Waals surface area contributed by atoms with Gasteiger partial charge < -0.3 is 19.5 Å². The molecule has 0 unspecified atom stereocenters. The molecule has 0 atom stereocenters. The Hall–Kier alpha value is -2.80. The van der Waals surface area contributed by atoms with E-state index in [0.717, 1.165) is 0 Å². The van der Waals surface area contributed by atoms with Gasteiger partial charge in [-0.2, -0.15) is 8.78 Å². The number of ether oxygens (including phenoxy) is 3. The van der Waals surface area contributed by atoms with Gasteiger partial charge in [0.15, 0.2) is 11.5 Å². The van der Waals surface area contributed by atoms with Gasteiger partial charge in [0.1, 0.15) is 5.75 Å². The van der Waals surface area contributed by atoms with Gasteiger partial charge in [-0.25, -0.2) is 0 Å². The van der Waals surface area contributed by atoms with Crippen LogP contribution in [0, 0.1) is 0 Å². The number of alkyl halides is 2. The van der Waals surface area contributed by atoms with Gasteiger partial charge in [-0.15, -0.1) is 0 Å². The Labute approximate surface area is 146 Å². The average Bonchev–Trinajstić information content (AvgIpc) is 3.01. The van der Waals surface area contributed by atoms with Gasteiger partial charge in [-0.3, -0.25) is 4.79 Å². The number of anilines is 1. The molecule has 1 aliphatic rings. The number of carbonyl (C=O) groups is 1. The molecule has 130 valence electrons. The van der Waals surface area contributed by atoms with E-state index in [-0.39, 0.29) is 17.6 Å². The van der Waals surface area contributed by atoms with Crippen molar-refractivity contribution in [2.45, 2.75) is 6.61 Å². The third kappa shape index (κ3) is 4.19. The molecule has 1 N–H and O–H groups in total. The summed E-state index contributed by atoms with van der Waals surface area (Å²) in [4.78, 5) is 12.1. The summed E-state index contributed by atoms with van der Waals surface area (Å²) < 4.78 is 39.6. The maximum absolute atomic E-state index is 12.4. The minimum atomic E-state index is -2.95. The maximum Gasteiger partial charge on any atom is 0.387 e. The molecule has 8 heteroatoms. The van der Waals surface area contributed by atoms with Crippen molar-refractivity contribution in [3.8, 4) is 17.2 Å². The van der Waals surface area contributed by atoms with Crippen LogP contribution in [0.3, 0.4) is 0 Å². The van der Waals surface area contributed by atoms with Crippen LogP contribution in [0.1, 0.15) is 5.56 Å². The molecular formula is C17H12ClF2NO4. The lowest BCUT2D eigenvalue weighted by molar-refractivity contribution is -0.111. The van der Waals surface area contributed by atoms with Crippen LogP contribution in [0.4, 0.5) is 14.5 Å². The average molecular weight is 368 g/mol. The van der Waals surface area contributed by atoms with E-state index in [9.17, 15) is 13.6 Å². The number of benzene rings is 2. The number of halogens is 3. The summed E-state index contributed by atoms with van der Waals surface area (Å²) >= 11 is 6.07. The molecule has 3 rings (SSSR count). The zero-order chi connectivity index (χ0) is 17.8. The quantitative estimate of drug-likeness (QED) is 0.799. The molecule has 1 heterocycles. The summed E-state index contributed by atoms with van der Waals surface area (Å²) in [5.74, 6) is 0.450. The monoisotopic (exact) mass is 367 g/mol. The Balaban J connectivity index is 1.72. The summed E-state index contributed by atoms with van der Waals surface area (Å²) in [6.07, 6.45) is 2.56. The molecule has 1 amide bonds. The molecule has 25 heavy (non-hydrogen) atoms. The fraction of sp³-hybridized carbons (Fsp3) is 0.118. The van der Waals surface area contributed by atoms with Gasteiger partial charge in [0, 0.05) is 23.8 Å². The van der Waals surface area contributed by atoms with E-state index in [2.05, 4.69) is 10.1 Å². The second-order valence-corrected chi connectivity index (χ2v) is 5.33. The van der Waals surface area contributed by atoms with Crippen molar-refractivity contribution in [2.24, 2.45) is 0 Å². The molecule has 0 fully saturated rings. The van der Waals surface area contributed by atoms with Gasteiger partial charge in [0.2, 0.25) is 12.7 Å². The minimum absolute atomic E-state index is 0.0253. The predicted octanol–water partition coefficient (Wildman–Crippen LogP) is 4.32. The Morgan fingerprint density at radius 1 is 1.24 bits per heavy atom. The number of carbonyl (C=O) groups excluding carboxylic acids is 1. The standard InChI is InChI=1S/C17H12ClF2NO4/c18-11-7-14-15(24-9-23-14)8-12(11)21-16(22)6-5-10-3-1-2-4-13(10)25-17(19)20/h1-8,17H,9H2,(H,21,22)/b6-5+. The first kappa shape index (κ1) is 17.0. The van der Waals surface area contributed by atoms with Crippen molar-refractivity contribution in [3.63, 3.8) is 0 Å². The van der Waals surface area contributed by atoms with Crippen LogP contribution >= 0.6 is 11.6 Å². The molecule has 0 radical (unpaired) electrons. The Bertz CT molecular complexity index is 826. The zero-order valence-electron chi connectivity index (χ0n) is 12.7. The van der Waals surface area contributed by atoms with Crippen molar-refractivity contribution in [3.05, 3.63) is 53.1 Å². The highest BCUT2D eigenvalue weighted by molar-refractivity contribution is 6.34. The van der Waals surface area contributed by atoms with E-state index >= 15 is 0 Å². The SMILES string of the molecule is O=C(/C=C/c1ccccc1OC(F)F)Nc1cc2c(cc1Cl)OCO2. The molecular weight excluding hydrogens is 356 g/mol. The fourth-order valence-electron chi connectivity index (χ4n) is 2.17. The summed E-state index contributed by atoms with van der Waals surface area (Å²) in [6.45, 7) is -2.86. The van der Waals surface area contributed by atoms with E-state index in [4.69, 9.17) is 21.1 Å². The van der Waals surface area contributed by atoms with Crippen LogP contribution < -0.4 is 19.5 Å². The number of fused-ring (bicyclic) bond motifs is 1. The molecule has 0 saturated carbocycles. The van der Waals surface area contributed by atoms with Crippen molar-refractivity contribution >= 4 is 29.3 Å². The number of para-hydroxylation sites is 1. The Morgan fingerprint density at radius 2 is 1.96 bits per heavy atom. The first-order chi connectivity index (χ1) is 12.0. The van der Waals surface area contributed by atoms with Gasteiger partial charge in [-0.05, 0) is 12.1 Å². The lowest BCUT2D eigenvalue weighted by Gasteiger charge is -2.08. The molecule has 0 saturated heterocycles. The first-order valence-electron chi connectivity index (χ1n) is 7.15. The molecule has 2 aromatic rings. The van der Waals surface area contributed by atoms with Crippen LogP contribution in [0.15, 0.2) is 42.5 Å². The van der Waals surface area contributed by atoms with E-state index in [1.165, 1.54) is 24.3 Å². The summed E-state index contributed by atoms with van der Waals surface area (Å²) in [5, 5.41) is 2.87. The van der Waals surface area contributed by atoms with E-state index in [1.807, 2.05) is 0 Å². The molecule has 0 aliphatic carbocycles. The number of hydrogen-bond acceptors (Lipinski definition) is 4. The number of amides is 1. The van der Waals surface area contributed by atoms with E-state index in [0.29, 0.717) is 22.7 Å². The lowest BCUT2D eigenvalue weighted by Crippen LogP contribution is -2.08. The topological polar surface area (TPSA) is 56.8 Å². The zero-order valence-corrected chi connectivity index (χ0v) is 13.4. The van der Waals surface area contributed by atoms with Gasteiger partial charge in [0.25, 0.3) is 0 Å². The van der Waals surface area contributed by atoms with Crippen LogP contribution in [0.5, 0.6) is 17.2 Å². The maximum atomic E-state index is 12.4. The second-order valence-electron chi connectivity index (χ2n) is 4.92. The van der Waals surface area contributed by atoms with Gasteiger partial charge >= 0.3 is 6.61 Å². The normalized spacial score (nSPS) is 12.6. The number of hydrogen-bond donors (Lipinski definition) is 1. The van der Waals surface area contributed by atoms with Crippen LogP contribution in [0.25, 0.3) is 6.08 Å². The summed E-state index contributed by atoms with van der Waals surface area (Å²) in [5.41, 5.74) is 0.687. The van der Waals surface area contributed by atoms with Gasteiger partial charge in [-0.1, -0.05) is 29.8 Å². The van der Waals surface area contributed by atoms with Gasteiger partial charge in [0.05, 0.1) is 10.7 Å². The third-order valence-electron chi connectivity index (χ3n) is 3.27. The molecule has 2 aromatic carbocycles. The molecule has 0 bridgehead atoms. The molecule has 0 spiro atoms. The Kier molecular flexibility index (Phi) is 5.04. The largest absolute Gasteiger partial charge is 0.454 e. The molecule has 5 nitrogen and oxygen atoms in total. The lowest BCUT2D eigenvalue weighted by atomic mass is 10.2. The van der Waals surface area contributed by atoms with Crippen molar-refractivity contribution in [2.75, 3.05) is 12.1 Å². The Morgan fingerprint density at radius 3 is 2.72 bits per heavy atom. The molecule has 1 aliphatic heterocycles. The summed E-state index contributed by atoms with van der Waals surface area (Å²) in [7, 11) is 0. The predicted molar refractivity (Wildman–Crippen MR) is 88.3 cm³/mol. The number of nitrogens with one attached hydrogen (secondary N) is 1. The van der Waals surface area contributed by atoms with Crippen molar-refractivity contribution < 1.29 is 27.8 Å². The molecule has 0 aromatic heterocycles. The van der Waals surface area contributed by atoms with Crippen LogP contribution in [-0.2, 0) is 4.79 Å². The summed E-state index contributed by atoms with van der Waals surface area (Å²) in [6, 6.07) is 9.22. The van der Waals surface area contributed by atoms with Crippen molar-refractivity contribution in [1.82, 2.24) is 0 Å². The highest BCUT2D eigenvalue weighted by Crippen LogP contribution is 2.39. The second kappa shape index (κ2) is 7.40. The first-order valence-corrected chi connectivity index (χ1v) is 7.53.